The lowest BCUT2D eigenvalue weighted by atomic mass is 10.2. The molecule has 0 saturated carbocycles. The Labute approximate surface area is 118 Å². The van der Waals surface area contributed by atoms with E-state index in [0.29, 0.717) is 16.6 Å². The number of aryl methyl sites for hydroxylation is 1. The zero-order valence-corrected chi connectivity index (χ0v) is 11.0. The molecule has 21 heavy (non-hydrogen) atoms. The summed E-state index contributed by atoms with van der Waals surface area (Å²) in [6, 6.07) is 6.73. The number of aromatic nitrogens is 2. The number of aromatic carboxylic acids is 1. The van der Waals surface area contributed by atoms with E-state index in [2.05, 4.69) is 4.98 Å². The van der Waals surface area contributed by atoms with Gasteiger partial charge in [0.25, 0.3) is 0 Å². The molecule has 4 nitrogen and oxygen atoms in total. The minimum atomic E-state index is -1.19. The molecule has 0 amide bonds. The highest BCUT2D eigenvalue weighted by atomic mass is 19.1. The van der Waals surface area contributed by atoms with Crippen molar-refractivity contribution in [3.05, 3.63) is 59.4 Å². The number of hydrogen-bond donors (Lipinski definition) is 1. The van der Waals surface area contributed by atoms with E-state index in [9.17, 15) is 18.7 Å². The van der Waals surface area contributed by atoms with Crippen LogP contribution in [-0.4, -0.2) is 20.6 Å². The molecule has 0 aliphatic carbocycles. The first-order valence-electron chi connectivity index (χ1n) is 6.15. The predicted molar refractivity (Wildman–Crippen MR) is 72.7 cm³/mol. The van der Waals surface area contributed by atoms with Gasteiger partial charge in [-0.15, -0.1) is 0 Å². The lowest BCUT2D eigenvalue weighted by molar-refractivity contribution is 0.0687. The van der Waals surface area contributed by atoms with Gasteiger partial charge in [0.1, 0.15) is 23.0 Å². The summed E-state index contributed by atoms with van der Waals surface area (Å²) in [5.41, 5.74) is 0.920. The van der Waals surface area contributed by atoms with Crippen molar-refractivity contribution in [1.29, 1.82) is 0 Å². The maximum atomic E-state index is 13.4. The van der Waals surface area contributed by atoms with E-state index >= 15 is 0 Å². The first kappa shape index (κ1) is 13.2. The zero-order valence-electron chi connectivity index (χ0n) is 11.0. The van der Waals surface area contributed by atoms with Gasteiger partial charge in [0.2, 0.25) is 0 Å². The van der Waals surface area contributed by atoms with Crippen LogP contribution in [0.4, 0.5) is 8.78 Å². The third-order valence-electron chi connectivity index (χ3n) is 3.30. The molecule has 0 bridgehead atoms. The quantitative estimate of drug-likeness (QED) is 0.787. The second kappa shape index (κ2) is 4.66. The van der Waals surface area contributed by atoms with Crippen molar-refractivity contribution in [2.24, 2.45) is 0 Å². The van der Waals surface area contributed by atoms with Crippen molar-refractivity contribution in [2.75, 3.05) is 0 Å². The summed E-state index contributed by atoms with van der Waals surface area (Å²) in [7, 11) is 0. The predicted octanol–water partition coefficient (Wildman–Crippen LogP) is 3.31. The van der Waals surface area contributed by atoms with Crippen LogP contribution >= 0.6 is 0 Å². The molecule has 2 aromatic heterocycles. The molecule has 0 atom stereocenters. The molecule has 0 unspecified atom stereocenters. The van der Waals surface area contributed by atoms with Crippen LogP contribution in [0.3, 0.4) is 0 Å². The molecule has 0 spiro atoms. The lowest BCUT2D eigenvalue weighted by Gasteiger charge is -2.08. The summed E-state index contributed by atoms with van der Waals surface area (Å²) >= 11 is 0. The second-order valence-corrected chi connectivity index (χ2v) is 4.62. The number of halogens is 2. The average molecular weight is 288 g/mol. The van der Waals surface area contributed by atoms with E-state index in [1.807, 2.05) is 0 Å². The smallest absolute Gasteiger partial charge is 0.353 e. The standard InChI is InChI=1S/C15H10F2N2O2/c1-8-12-6-10(17)7-18-14(12)19(13(8)15(20)21)11-4-2-3-9(16)5-11/h2-7H,1H3,(H,20,21). The van der Waals surface area contributed by atoms with Crippen LogP contribution < -0.4 is 0 Å². The molecule has 3 aromatic rings. The third kappa shape index (κ3) is 2.05. The number of hydrogen-bond acceptors (Lipinski definition) is 2. The van der Waals surface area contributed by atoms with Crippen molar-refractivity contribution in [3.8, 4) is 5.69 Å². The molecule has 0 radical (unpaired) electrons. The molecule has 1 aromatic carbocycles. The summed E-state index contributed by atoms with van der Waals surface area (Å²) < 4.78 is 28.1. The highest BCUT2D eigenvalue weighted by Crippen LogP contribution is 2.28. The van der Waals surface area contributed by atoms with Crippen LogP contribution in [0.25, 0.3) is 16.7 Å². The van der Waals surface area contributed by atoms with E-state index in [4.69, 9.17) is 0 Å². The Kier molecular flexibility index (Phi) is 2.94. The van der Waals surface area contributed by atoms with Crippen LogP contribution in [-0.2, 0) is 0 Å². The molecule has 0 aliphatic rings. The molecule has 106 valence electrons. The zero-order chi connectivity index (χ0) is 15.1. The molecule has 0 aliphatic heterocycles. The highest BCUT2D eigenvalue weighted by Gasteiger charge is 2.22. The van der Waals surface area contributed by atoms with E-state index < -0.39 is 17.6 Å². The molecular weight excluding hydrogens is 278 g/mol. The highest BCUT2D eigenvalue weighted by molar-refractivity contribution is 5.98. The van der Waals surface area contributed by atoms with Crippen LogP contribution in [0.2, 0.25) is 0 Å². The Morgan fingerprint density at radius 1 is 1.24 bits per heavy atom. The van der Waals surface area contributed by atoms with Gasteiger partial charge in [-0.1, -0.05) is 6.07 Å². The number of pyridine rings is 1. The topological polar surface area (TPSA) is 55.1 Å². The lowest BCUT2D eigenvalue weighted by Crippen LogP contribution is -2.08. The fraction of sp³-hybridized carbons (Fsp3) is 0.0667. The van der Waals surface area contributed by atoms with Gasteiger partial charge in [-0.3, -0.25) is 4.57 Å². The average Bonchev–Trinajstić information content (AvgIpc) is 2.72. The van der Waals surface area contributed by atoms with E-state index in [0.717, 1.165) is 6.20 Å². The Morgan fingerprint density at radius 3 is 2.67 bits per heavy atom. The van der Waals surface area contributed by atoms with Gasteiger partial charge in [-0.05, 0) is 36.8 Å². The van der Waals surface area contributed by atoms with E-state index in [1.54, 1.807) is 13.0 Å². The monoisotopic (exact) mass is 288 g/mol. The van der Waals surface area contributed by atoms with Gasteiger partial charge in [-0.25, -0.2) is 18.6 Å². The largest absolute Gasteiger partial charge is 0.477 e. The Hall–Kier alpha value is -2.76. The molecular formula is C15H10F2N2O2. The van der Waals surface area contributed by atoms with Crippen molar-refractivity contribution in [1.82, 2.24) is 9.55 Å². The minimum Gasteiger partial charge on any atom is -0.477 e. The fourth-order valence-corrected chi connectivity index (χ4v) is 2.41. The summed E-state index contributed by atoms with van der Waals surface area (Å²) in [5, 5.41) is 9.80. The molecule has 0 saturated heterocycles. The number of rotatable bonds is 2. The van der Waals surface area contributed by atoms with Gasteiger partial charge in [0.15, 0.2) is 0 Å². The van der Waals surface area contributed by atoms with Crippen LogP contribution in [0, 0.1) is 18.6 Å². The molecule has 3 rings (SSSR count). The van der Waals surface area contributed by atoms with Crippen LogP contribution in [0.1, 0.15) is 16.1 Å². The molecule has 2 heterocycles. The van der Waals surface area contributed by atoms with Gasteiger partial charge >= 0.3 is 5.97 Å². The van der Waals surface area contributed by atoms with E-state index in [1.165, 1.54) is 28.8 Å². The van der Waals surface area contributed by atoms with Crippen molar-refractivity contribution in [3.63, 3.8) is 0 Å². The summed E-state index contributed by atoms with van der Waals surface area (Å²) in [4.78, 5) is 15.5. The summed E-state index contributed by atoms with van der Waals surface area (Å²) in [6.45, 7) is 1.57. The first-order chi connectivity index (χ1) is 9.99. The summed E-state index contributed by atoms with van der Waals surface area (Å²) in [6.07, 6.45) is 1.00. The summed E-state index contributed by atoms with van der Waals surface area (Å²) in [5.74, 6) is -2.24. The second-order valence-electron chi connectivity index (χ2n) is 4.62. The number of nitrogens with zero attached hydrogens (tertiary/aromatic N) is 2. The van der Waals surface area contributed by atoms with Gasteiger partial charge in [-0.2, -0.15) is 0 Å². The van der Waals surface area contributed by atoms with Crippen LogP contribution in [0.5, 0.6) is 0 Å². The number of carboxylic acids is 1. The van der Waals surface area contributed by atoms with Crippen LogP contribution in [0.15, 0.2) is 36.5 Å². The third-order valence-corrected chi connectivity index (χ3v) is 3.30. The van der Waals surface area contributed by atoms with Crippen molar-refractivity contribution >= 4 is 17.0 Å². The number of fused-ring (bicyclic) bond motifs is 1. The van der Waals surface area contributed by atoms with Gasteiger partial charge in [0.05, 0.1) is 11.9 Å². The fourth-order valence-electron chi connectivity index (χ4n) is 2.41. The van der Waals surface area contributed by atoms with E-state index in [-0.39, 0.29) is 11.3 Å². The van der Waals surface area contributed by atoms with Gasteiger partial charge < -0.3 is 5.11 Å². The Balaban J connectivity index is 2.45. The first-order valence-corrected chi connectivity index (χ1v) is 6.15. The minimum absolute atomic E-state index is 0.0614. The molecule has 6 heteroatoms. The van der Waals surface area contributed by atoms with Gasteiger partial charge in [0, 0.05) is 5.39 Å². The Morgan fingerprint density at radius 2 is 2.00 bits per heavy atom. The molecule has 0 fully saturated rings. The van der Waals surface area contributed by atoms with Crippen molar-refractivity contribution in [2.45, 2.75) is 6.92 Å². The van der Waals surface area contributed by atoms with Crippen molar-refractivity contribution < 1.29 is 18.7 Å². The number of benzene rings is 1. The maximum absolute atomic E-state index is 13.4. The SMILES string of the molecule is Cc1c(C(=O)O)n(-c2cccc(F)c2)c2ncc(F)cc12. The number of carbonyl (C=O) groups is 1. The normalized spacial score (nSPS) is 11.0. The number of carboxylic acid groups (broad SMARTS) is 1. The Bertz CT molecular complexity index is 871. The molecule has 1 N–H and O–H groups in total. The maximum Gasteiger partial charge on any atom is 0.353 e.